The van der Waals surface area contributed by atoms with Crippen LogP contribution in [0.4, 0.5) is 0 Å². The van der Waals surface area contributed by atoms with Crippen molar-refractivity contribution in [2.24, 2.45) is 7.05 Å². The summed E-state index contributed by atoms with van der Waals surface area (Å²) in [4.78, 5) is 15.1. The number of carboxylic acids is 1. The fraction of sp³-hybridized carbons (Fsp3) is 0.692. The minimum atomic E-state index is -0.747. The van der Waals surface area contributed by atoms with Gasteiger partial charge in [-0.05, 0) is 35.8 Å². The molecule has 0 aliphatic carbocycles. The Balaban J connectivity index is 1.95. The zero-order valence-electron chi connectivity index (χ0n) is 12.0. The van der Waals surface area contributed by atoms with Gasteiger partial charge in [0.05, 0.1) is 22.4 Å². The van der Waals surface area contributed by atoms with E-state index in [9.17, 15) is 4.79 Å². The first-order valence-electron chi connectivity index (χ1n) is 6.82. The third-order valence-corrected chi connectivity index (χ3v) is 4.71. The number of rotatable bonds is 4. The number of halogens is 1. The molecule has 1 N–H and O–H groups in total. The first kappa shape index (κ1) is 15.5. The normalized spacial score (nSPS) is 18.1. The summed E-state index contributed by atoms with van der Waals surface area (Å²) in [7, 11) is 1.96. The van der Waals surface area contributed by atoms with E-state index in [1.54, 1.807) is 0 Å². The van der Waals surface area contributed by atoms with E-state index in [1.165, 1.54) is 5.69 Å². The van der Waals surface area contributed by atoms with Crippen molar-refractivity contribution in [2.75, 3.05) is 32.7 Å². The standard InChI is InChI=1S/C13H21BrN4O2/c1-10-13(14)11(16(2)15-10)8-17-4-3-5-18(7-6-17)9-12(19)20/h3-9H2,1-2H3,(H,19,20). The molecule has 2 rings (SSSR count). The molecule has 0 aromatic carbocycles. The maximum Gasteiger partial charge on any atom is 0.317 e. The van der Waals surface area contributed by atoms with Crippen molar-refractivity contribution in [2.45, 2.75) is 19.9 Å². The molecule has 0 unspecified atom stereocenters. The Morgan fingerprint density at radius 2 is 1.95 bits per heavy atom. The zero-order valence-corrected chi connectivity index (χ0v) is 13.6. The number of carboxylic acid groups (broad SMARTS) is 1. The van der Waals surface area contributed by atoms with Crippen molar-refractivity contribution < 1.29 is 9.90 Å². The van der Waals surface area contributed by atoms with Crippen LogP contribution in [0.5, 0.6) is 0 Å². The number of carbonyl (C=O) groups is 1. The zero-order chi connectivity index (χ0) is 14.7. The molecular formula is C13H21BrN4O2. The average molecular weight is 345 g/mol. The van der Waals surface area contributed by atoms with Gasteiger partial charge in [0.25, 0.3) is 0 Å². The quantitative estimate of drug-likeness (QED) is 0.885. The van der Waals surface area contributed by atoms with Crippen molar-refractivity contribution in [3.63, 3.8) is 0 Å². The van der Waals surface area contributed by atoms with Gasteiger partial charge in [0.1, 0.15) is 0 Å². The Morgan fingerprint density at radius 3 is 2.55 bits per heavy atom. The molecule has 2 heterocycles. The molecule has 0 atom stereocenters. The SMILES string of the molecule is Cc1nn(C)c(CN2CCCN(CC(=O)O)CC2)c1Br. The molecule has 7 heteroatoms. The van der Waals surface area contributed by atoms with Gasteiger partial charge in [-0.2, -0.15) is 5.10 Å². The molecule has 1 aromatic heterocycles. The van der Waals surface area contributed by atoms with Crippen LogP contribution in [0.15, 0.2) is 4.47 Å². The highest BCUT2D eigenvalue weighted by Gasteiger charge is 2.19. The number of aromatic nitrogens is 2. The molecule has 0 saturated carbocycles. The van der Waals surface area contributed by atoms with E-state index in [4.69, 9.17) is 5.11 Å². The number of nitrogens with zero attached hydrogens (tertiary/aromatic N) is 4. The van der Waals surface area contributed by atoms with Gasteiger partial charge in [0, 0.05) is 33.2 Å². The summed E-state index contributed by atoms with van der Waals surface area (Å²) in [6.07, 6.45) is 1.00. The maximum absolute atomic E-state index is 10.8. The van der Waals surface area contributed by atoms with Crippen LogP contribution in [0.1, 0.15) is 17.8 Å². The van der Waals surface area contributed by atoms with Gasteiger partial charge < -0.3 is 5.11 Å². The maximum atomic E-state index is 10.8. The van der Waals surface area contributed by atoms with Crippen molar-refractivity contribution in [3.05, 3.63) is 15.9 Å². The molecule has 1 saturated heterocycles. The first-order valence-corrected chi connectivity index (χ1v) is 7.61. The van der Waals surface area contributed by atoms with Gasteiger partial charge in [-0.3, -0.25) is 19.3 Å². The van der Waals surface area contributed by atoms with Crippen molar-refractivity contribution in [1.29, 1.82) is 0 Å². The molecule has 0 spiro atoms. The van der Waals surface area contributed by atoms with Crippen LogP contribution in [0.2, 0.25) is 0 Å². The van der Waals surface area contributed by atoms with Crippen LogP contribution in [0.3, 0.4) is 0 Å². The van der Waals surface area contributed by atoms with Crippen LogP contribution in [0.25, 0.3) is 0 Å². The summed E-state index contributed by atoms with van der Waals surface area (Å²) in [5, 5.41) is 13.3. The molecule has 0 radical (unpaired) electrons. The molecule has 1 aromatic rings. The first-order chi connectivity index (χ1) is 9.47. The van der Waals surface area contributed by atoms with Gasteiger partial charge in [0.15, 0.2) is 0 Å². The third-order valence-electron chi connectivity index (χ3n) is 3.68. The van der Waals surface area contributed by atoms with Crippen LogP contribution in [0, 0.1) is 6.92 Å². The summed E-state index contributed by atoms with van der Waals surface area (Å²) in [5.41, 5.74) is 2.18. The van der Waals surface area contributed by atoms with Crippen LogP contribution in [-0.4, -0.2) is 63.4 Å². The highest BCUT2D eigenvalue weighted by Crippen LogP contribution is 2.22. The summed E-state index contributed by atoms with van der Waals surface area (Å²) in [6, 6.07) is 0. The fourth-order valence-electron chi connectivity index (χ4n) is 2.60. The Hall–Kier alpha value is -0.920. The van der Waals surface area contributed by atoms with E-state index < -0.39 is 5.97 Å². The number of aliphatic carboxylic acids is 1. The Labute approximate surface area is 127 Å². The average Bonchev–Trinajstić information content (AvgIpc) is 2.57. The monoisotopic (exact) mass is 344 g/mol. The van der Waals surface area contributed by atoms with E-state index in [2.05, 4.69) is 25.9 Å². The fourth-order valence-corrected chi connectivity index (χ4v) is 3.06. The number of aryl methyl sites for hydroxylation is 2. The molecule has 1 fully saturated rings. The van der Waals surface area contributed by atoms with Crippen LogP contribution < -0.4 is 0 Å². The Morgan fingerprint density at radius 1 is 1.30 bits per heavy atom. The largest absolute Gasteiger partial charge is 0.480 e. The smallest absolute Gasteiger partial charge is 0.317 e. The highest BCUT2D eigenvalue weighted by atomic mass is 79.9. The number of hydrogen-bond donors (Lipinski definition) is 1. The predicted octanol–water partition coefficient (Wildman–Crippen LogP) is 1.08. The van der Waals surface area contributed by atoms with Crippen molar-refractivity contribution in [3.8, 4) is 0 Å². The Bertz CT molecular complexity index is 489. The van der Waals surface area contributed by atoms with Gasteiger partial charge in [-0.25, -0.2) is 0 Å². The van der Waals surface area contributed by atoms with E-state index >= 15 is 0 Å². The lowest BCUT2D eigenvalue weighted by Crippen LogP contribution is -2.34. The lowest BCUT2D eigenvalue weighted by molar-refractivity contribution is -0.138. The second kappa shape index (κ2) is 6.69. The second-order valence-electron chi connectivity index (χ2n) is 5.27. The molecule has 1 aliphatic rings. The lowest BCUT2D eigenvalue weighted by Gasteiger charge is -2.21. The number of hydrogen-bond acceptors (Lipinski definition) is 4. The van der Waals surface area contributed by atoms with E-state index in [-0.39, 0.29) is 6.54 Å². The summed E-state index contributed by atoms with van der Waals surface area (Å²) < 4.78 is 2.99. The minimum Gasteiger partial charge on any atom is -0.480 e. The highest BCUT2D eigenvalue weighted by molar-refractivity contribution is 9.10. The van der Waals surface area contributed by atoms with E-state index in [1.807, 2.05) is 23.6 Å². The second-order valence-corrected chi connectivity index (χ2v) is 6.06. The van der Waals surface area contributed by atoms with Crippen molar-refractivity contribution >= 4 is 21.9 Å². The van der Waals surface area contributed by atoms with Gasteiger partial charge in [0.2, 0.25) is 0 Å². The molecule has 20 heavy (non-hydrogen) atoms. The summed E-state index contributed by atoms with van der Waals surface area (Å²) >= 11 is 3.59. The predicted molar refractivity (Wildman–Crippen MR) is 79.6 cm³/mol. The summed E-state index contributed by atoms with van der Waals surface area (Å²) in [5.74, 6) is -0.747. The van der Waals surface area contributed by atoms with Gasteiger partial charge in [-0.1, -0.05) is 0 Å². The third kappa shape index (κ3) is 3.80. The minimum absolute atomic E-state index is 0.141. The summed E-state index contributed by atoms with van der Waals surface area (Å²) in [6.45, 7) is 6.53. The van der Waals surface area contributed by atoms with Crippen molar-refractivity contribution in [1.82, 2.24) is 19.6 Å². The molecule has 1 aliphatic heterocycles. The topological polar surface area (TPSA) is 61.6 Å². The van der Waals surface area contributed by atoms with E-state index in [0.29, 0.717) is 0 Å². The van der Waals surface area contributed by atoms with Crippen LogP contribution >= 0.6 is 15.9 Å². The molecule has 0 amide bonds. The van der Waals surface area contributed by atoms with Crippen LogP contribution in [-0.2, 0) is 18.4 Å². The van der Waals surface area contributed by atoms with Gasteiger partial charge >= 0.3 is 5.97 Å². The molecule has 112 valence electrons. The Kier molecular flexibility index (Phi) is 5.17. The lowest BCUT2D eigenvalue weighted by atomic mass is 10.3. The van der Waals surface area contributed by atoms with E-state index in [0.717, 1.165) is 49.3 Å². The molecule has 6 nitrogen and oxygen atoms in total. The molecule has 0 bridgehead atoms. The molecular weight excluding hydrogens is 324 g/mol. The van der Waals surface area contributed by atoms with Gasteiger partial charge in [-0.15, -0.1) is 0 Å².